The molecule has 9 heteroatoms. The van der Waals surface area contributed by atoms with E-state index < -0.39 is 5.54 Å². The van der Waals surface area contributed by atoms with Crippen LogP contribution in [0, 0.1) is 19.8 Å². The Morgan fingerprint density at radius 1 is 1.29 bits per heavy atom. The molecule has 2 fully saturated rings. The third-order valence-electron chi connectivity index (χ3n) is 6.29. The minimum absolute atomic E-state index is 0.161. The van der Waals surface area contributed by atoms with Crippen LogP contribution in [0.15, 0.2) is 35.0 Å². The van der Waals surface area contributed by atoms with Gasteiger partial charge in [0.2, 0.25) is 0 Å². The fraction of sp³-hybridized carbons (Fsp3) is 0.409. The molecular formula is C22H23ClN6O2. The van der Waals surface area contributed by atoms with Gasteiger partial charge in [0.05, 0.1) is 16.9 Å². The van der Waals surface area contributed by atoms with Crippen LogP contribution in [0.1, 0.15) is 43.5 Å². The van der Waals surface area contributed by atoms with Crippen LogP contribution in [0.25, 0.3) is 11.3 Å². The molecule has 5 rings (SSSR count). The molecule has 2 aliphatic rings. The van der Waals surface area contributed by atoms with E-state index in [1.165, 1.54) is 6.20 Å². The lowest BCUT2D eigenvalue weighted by atomic mass is 9.64. The summed E-state index contributed by atoms with van der Waals surface area (Å²) in [7, 11) is 0. The number of carbonyl (C=O) groups excluding carboxylic acids is 1. The van der Waals surface area contributed by atoms with Gasteiger partial charge in [0, 0.05) is 23.7 Å². The van der Waals surface area contributed by atoms with Crippen LogP contribution in [0.2, 0.25) is 5.02 Å². The molecule has 1 aliphatic carbocycles. The molecule has 3 heterocycles. The first-order valence-corrected chi connectivity index (χ1v) is 10.7. The number of urea groups is 1. The Labute approximate surface area is 185 Å². The minimum atomic E-state index is -0.528. The molecular weight excluding hydrogens is 416 g/mol. The third kappa shape index (κ3) is 3.35. The number of aryl methyl sites for hydroxylation is 2. The highest BCUT2D eigenvalue weighted by molar-refractivity contribution is 6.30. The molecule has 0 unspecified atom stereocenters. The fourth-order valence-electron chi connectivity index (χ4n) is 5.07. The van der Waals surface area contributed by atoms with E-state index in [4.69, 9.17) is 16.1 Å². The first-order valence-electron chi connectivity index (χ1n) is 10.4. The zero-order valence-corrected chi connectivity index (χ0v) is 18.3. The van der Waals surface area contributed by atoms with E-state index >= 15 is 0 Å². The molecule has 160 valence electrons. The van der Waals surface area contributed by atoms with Gasteiger partial charge in [-0.2, -0.15) is 15.2 Å². The molecule has 0 spiro atoms. The third-order valence-corrected chi connectivity index (χ3v) is 6.50. The van der Waals surface area contributed by atoms with E-state index in [1.807, 2.05) is 30.0 Å². The van der Waals surface area contributed by atoms with Gasteiger partial charge in [-0.25, -0.2) is 4.79 Å². The van der Waals surface area contributed by atoms with Crippen LogP contribution in [0.5, 0.6) is 0 Å². The zero-order valence-electron chi connectivity index (χ0n) is 17.6. The van der Waals surface area contributed by atoms with Crippen molar-refractivity contribution < 1.29 is 9.32 Å². The molecule has 2 bridgehead atoms. The maximum Gasteiger partial charge on any atom is 0.323 e. The number of carbonyl (C=O) groups is 1. The number of halogens is 1. The van der Waals surface area contributed by atoms with Crippen molar-refractivity contribution in [1.82, 2.24) is 25.2 Å². The van der Waals surface area contributed by atoms with Crippen LogP contribution in [0.3, 0.4) is 0 Å². The van der Waals surface area contributed by atoms with Gasteiger partial charge in [-0.1, -0.05) is 29.7 Å². The minimum Gasteiger partial charge on any atom is -0.337 e. The molecule has 3 atom stereocenters. The predicted molar refractivity (Wildman–Crippen MR) is 116 cm³/mol. The van der Waals surface area contributed by atoms with Crippen molar-refractivity contribution in [3.05, 3.63) is 52.8 Å². The van der Waals surface area contributed by atoms with E-state index in [0.29, 0.717) is 34.0 Å². The first kappa shape index (κ1) is 19.9. The lowest BCUT2D eigenvalue weighted by Gasteiger charge is -2.61. The quantitative estimate of drug-likeness (QED) is 0.635. The second-order valence-corrected chi connectivity index (χ2v) is 9.11. The average molecular weight is 439 g/mol. The summed E-state index contributed by atoms with van der Waals surface area (Å²) in [4.78, 5) is 19.7. The largest absolute Gasteiger partial charge is 0.337 e. The van der Waals surface area contributed by atoms with Gasteiger partial charge in [0.15, 0.2) is 5.82 Å². The van der Waals surface area contributed by atoms with Crippen molar-refractivity contribution in [2.75, 3.05) is 5.32 Å². The Bertz CT molecular complexity index is 1160. The number of rotatable bonds is 3. The Balaban J connectivity index is 1.43. The van der Waals surface area contributed by atoms with Crippen LogP contribution in [-0.2, 0) is 5.54 Å². The van der Waals surface area contributed by atoms with Crippen molar-refractivity contribution in [2.24, 2.45) is 5.92 Å². The number of amides is 2. The molecule has 1 saturated carbocycles. The summed E-state index contributed by atoms with van der Waals surface area (Å²) in [6.45, 7) is 5.98. The molecule has 31 heavy (non-hydrogen) atoms. The number of likely N-dealkylation sites (tertiary alicyclic amines) is 1. The van der Waals surface area contributed by atoms with Gasteiger partial charge >= 0.3 is 6.03 Å². The molecule has 2 aromatic heterocycles. The van der Waals surface area contributed by atoms with Crippen molar-refractivity contribution >= 4 is 23.3 Å². The maximum atomic E-state index is 13.4. The van der Waals surface area contributed by atoms with Crippen molar-refractivity contribution in [3.63, 3.8) is 0 Å². The number of nitrogens with zero attached hydrogens (tertiary/aromatic N) is 5. The Kier molecular flexibility index (Phi) is 4.69. The van der Waals surface area contributed by atoms with Gasteiger partial charge in [0.1, 0.15) is 5.54 Å². The fourth-order valence-corrected chi connectivity index (χ4v) is 5.22. The van der Waals surface area contributed by atoms with Crippen molar-refractivity contribution in [1.29, 1.82) is 0 Å². The Morgan fingerprint density at radius 3 is 2.87 bits per heavy atom. The smallest absolute Gasteiger partial charge is 0.323 e. The number of hydrogen-bond donors (Lipinski definition) is 1. The first-order chi connectivity index (χ1) is 14.9. The highest BCUT2D eigenvalue weighted by Gasteiger charge is 2.62. The Morgan fingerprint density at radius 2 is 2.13 bits per heavy atom. The van der Waals surface area contributed by atoms with E-state index in [1.54, 1.807) is 13.0 Å². The van der Waals surface area contributed by atoms with E-state index in [2.05, 4.69) is 32.6 Å². The van der Waals surface area contributed by atoms with Gasteiger partial charge in [-0.3, -0.25) is 0 Å². The molecule has 2 amide bonds. The summed E-state index contributed by atoms with van der Waals surface area (Å²) in [6.07, 6.45) is 4.13. The summed E-state index contributed by atoms with van der Waals surface area (Å²) in [5.74, 6) is 1.60. The summed E-state index contributed by atoms with van der Waals surface area (Å²) >= 11 is 6.08. The number of fused-ring (bicyclic) bond motifs is 2. The van der Waals surface area contributed by atoms with E-state index in [9.17, 15) is 4.79 Å². The average Bonchev–Trinajstić information content (AvgIpc) is 3.15. The monoisotopic (exact) mass is 438 g/mol. The summed E-state index contributed by atoms with van der Waals surface area (Å²) in [5.41, 5.74) is 2.70. The number of piperidine rings is 1. The second kappa shape index (κ2) is 7.30. The Hall–Kier alpha value is -3.00. The highest BCUT2D eigenvalue weighted by atomic mass is 35.5. The SMILES string of the molecule is Cc1noc([C@@]23C[C@H](C)C[C@@H](C2)N3C(=O)Nc2ccc(C)c(-c3cc(Cl)cnn3)c2)n1. The number of benzene rings is 1. The lowest BCUT2D eigenvalue weighted by Crippen LogP contribution is -2.70. The summed E-state index contributed by atoms with van der Waals surface area (Å²) in [5, 5.41) is 15.6. The van der Waals surface area contributed by atoms with Crippen molar-refractivity contribution in [3.8, 4) is 11.3 Å². The van der Waals surface area contributed by atoms with Gasteiger partial charge in [-0.05, 0) is 56.4 Å². The maximum absolute atomic E-state index is 13.4. The molecule has 3 aromatic rings. The number of hydrogen-bond acceptors (Lipinski definition) is 6. The van der Waals surface area contributed by atoms with Gasteiger partial charge in [0.25, 0.3) is 5.89 Å². The van der Waals surface area contributed by atoms with Crippen LogP contribution >= 0.6 is 11.6 Å². The summed E-state index contributed by atoms with van der Waals surface area (Å²) < 4.78 is 5.52. The van der Waals surface area contributed by atoms with Gasteiger partial charge in [-0.15, -0.1) is 0 Å². The van der Waals surface area contributed by atoms with Gasteiger partial charge < -0.3 is 14.7 Å². The number of nitrogens with one attached hydrogen (secondary N) is 1. The zero-order chi connectivity index (χ0) is 21.8. The summed E-state index contributed by atoms with van der Waals surface area (Å²) in [6, 6.07) is 7.50. The molecule has 1 N–H and O–H groups in total. The highest BCUT2D eigenvalue weighted by Crippen LogP contribution is 2.55. The standard InChI is InChI=1S/C22H23ClN6O2/c1-12-6-17-10-22(9-12,20-25-14(3)28-31-20)29(17)21(30)26-16-5-4-13(2)18(8-16)19-7-15(23)11-24-27-19/h4-5,7-8,11-12,17H,6,9-10H2,1-3H3,(H,26,30)/t12-,17+,22-/m1/s1. The topological polar surface area (TPSA) is 97.0 Å². The lowest BCUT2D eigenvalue weighted by molar-refractivity contribution is -0.111. The second-order valence-electron chi connectivity index (χ2n) is 8.67. The number of aromatic nitrogens is 4. The molecule has 1 aliphatic heterocycles. The van der Waals surface area contributed by atoms with E-state index in [0.717, 1.165) is 30.4 Å². The van der Waals surface area contributed by atoms with Crippen LogP contribution in [-0.4, -0.2) is 37.3 Å². The molecule has 1 aromatic carbocycles. The molecule has 1 saturated heterocycles. The van der Waals surface area contributed by atoms with E-state index in [-0.39, 0.29) is 12.1 Å². The van der Waals surface area contributed by atoms with Crippen molar-refractivity contribution in [2.45, 2.75) is 51.6 Å². The number of anilines is 1. The molecule has 8 nitrogen and oxygen atoms in total. The van der Waals surface area contributed by atoms with Crippen LogP contribution < -0.4 is 5.32 Å². The van der Waals surface area contributed by atoms with Crippen LogP contribution in [0.4, 0.5) is 10.5 Å². The predicted octanol–water partition coefficient (Wildman–Crippen LogP) is 4.73. The normalized spacial score (nSPS) is 24.6. The molecule has 0 radical (unpaired) electrons.